The highest BCUT2D eigenvalue weighted by molar-refractivity contribution is 7.89. The summed E-state index contributed by atoms with van der Waals surface area (Å²) in [6, 6.07) is 4.41. The van der Waals surface area contributed by atoms with Crippen molar-refractivity contribution in [3.05, 3.63) is 54.1 Å². The van der Waals surface area contributed by atoms with E-state index in [4.69, 9.17) is 9.84 Å². The molecule has 132 valence electrons. The molecule has 1 fully saturated rings. The van der Waals surface area contributed by atoms with E-state index < -0.39 is 16.0 Å². The summed E-state index contributed by atoms with van der Waals surface area (Å²) in [6.45, 7) is 0.435. The first kappa shape index (κ1) is 17.4. The van der Waals surface area contributed by atoms with Crippen LogP contribution < -0.4 is 4.74 Å². The summed E-state index contributed by atoms with van der Waals surface area (Å²) in [4.78, 5) is 10.7. The first-order chi connectivity index (χ1) is 11.9. The van der Waals surface area contributed by atoms with E-state index in [1.165, 1.54) is 23.6 Å². The Hall–Kier alpha value is -2.38. The van der Waals surface area contributed by atoms with Crippen LogP contribution in [0.3, 0.4) is 0 Å². The van der Waals surface area contributed by atoms with Crippen LogP contribution in [0.15, 0.2) is 53.5 Å². The number of rotatable bonds is 5. The Balaban J connectivity index is 2.01. The second kappa shape index (κ2) is 6.85. The summed E-state index contributed by atoms with van der Waals surface area (Å²) in [6.07, 6.45) is 10.8. The van der Waals surface area contributed by atoms with Crippen molar-refractivity contribution in [2.75, 3.05) is 13.7 Å². The Morgan fingerprint density at radius 2 is 2.08 bits per heavy atom. The highest BCUT2D eigenvalue weighted by Gasteiger charge is 2.40. The minimum absolute atomic E-state index is 0.0474. The molecule has 3 rings (SSSR count). The fraction of sp³-hybridized carbons (Fsp3) is 0.278. The van der Waals surface area contributed by atoms with Gasteiger partial charge in [-0.25, -0.2) is 13.2 Å². The lowest BCUT2D eigenvalue weighted by atomic mass is 9.97. The van der Waals surface area contributed by atoms with Crippen LogP contribution in [0.2, 0.25) is 0 Å². The summed E-state index contributed by atoms with van der Waals surface area (Å²) < 4.78 is 33.1. The maximum absolute atomic E-state index is 13.2. The largest absolute Gasteiger partial charge is 0.495 e. The van der Waals surface area contributed by atoms with Crippen LogP contribution in [0.5, 0.6) is 5.75 Å². The van der Waals surface area contributed by atoms with Gasteiger partial charge in [-0.05, 0) is 36.1 Å². The van der Waals surface area contributed by atoms with Gasteiger partial charge in [-0.15, -0.1) is 0 Å². The lowest BCUT2D eigenvalue weighted by Gasteiger charge is -2.26. The average molecular weight is 361 g/mol. The number of carboxylic acid groups (broad SMARTS) is 1. The van der Waals surface area contributed by atoms with Crippen molar-refractivity contribution >= 4 is 22.1 Å². The summed E-state index contributed by atoms with van der Waals surface area (Å²) in [5.41, 5.74) is 0.483. The molecule has 0 bridgehead atoms. The Morgan fingerprint density at radius 1 is 1.32 bits per heavy atom. The molecule has 2 unspecified atom stereocenters. The summed E-state index contributed by atoms with van der Waals surface area (Å²) in [5, 5.41) is 8.75. The third kappa shape index (κ3) is 3.38. The molecule has 1 saturated heterocycles. The molecule has 1 heterocycles. The van der Waals surface area contributed by atoms with Crippen LogP contribution in [0.25, 0.3) is 6.08 Å². The number of methoxy groups -OCH3 is 1. The number of carboxylic acids is 1. The first-order valence-corrected chi connectivity index (χ1v) is 9.33. The smallest absolute Gasteiger partial charge is 0.328 e. The van der Waals surface area contributed by atoms with Gasteiger partial charge in [0, 0.05) is 18.7 Å². The van der Waals surface area contributed by atoms with Gasteiger partial charge in [0.05, 0.1) is 7.11 Å². The zero-order chi connectivity index (χ0) is 18.0. The van der Waals surface area contributed by atoms with E-state index in [2.05, 4.69) is 0 Å². The minimum atomic E-state index is -3.77. The molecule has 0 radical (unpaired) electrons. The number of aliphatic carboxylic acids is 1. The number of benzene rings is 1. The summed E-state index contributed by atoms with van der Waals surface area (Å²) >= 11 is 0. The maximum Gasteiger partial charge on any atom is 0.328 e. The molecule has 1 aliphatic heterocycles. The summed E-state index contributed by atoms with van der Waals surface area (Å²) in [7, 11) is -2.36. The number of hydrogen-bond acceptors (Lipinski definition) is 4. The third-order valence-electron chi connectivity index (χ3n) is 4.42. The van der Waals surface area contributed by atoms with Gasteiger partial charge in [0.25, 0.3) is 0 Å². The second-order valence-corrected chi connectivity index (χ2v) is 7.77. The number of fused-ring (bicyclic) bond motifs is 1. The molecule has 2 aliphatic rings. The van der Waals surface area contributed by atoms with Crippen LogP contribution in [0.4, 0.5) is 0 Å². The molecule has 2 atom stereocenters. The molecule has 0 aromatic heterocycles. The number of sulfonamides is 1. The van der Waals surface area contributed by atoms with Crippen LogP contribution in [0.1, 0.15) is 12.0 Å². The van der Waals surface area contributed by atoms with Crippen molar-refractivity contribution < 1.29 is 23.1 Å². The Morgan fingerprint density at radius 3 is 2.80 bits per heavy atom. The third-order valence-corrected chi connectivity index (χ3v) is 6.34. The lowest BCUT2D eigenvalue weighted by molar-refractivity contribution is -0.131. The normalized spacial score (nSPS) is 23.1. The predicted molar refractivity (Wildman–Crippen MR) is 93.7 cm³/mol. The van der Waals surface area contributed by atoms with Crippen LogP contribution in [-0.4, -0.2) is 43.5 Å². The first-order valence-electron chi connectivity index (χ1n) is 7.89. The fourth-order valence-electron chi connectivity index (χ4n) is 3.22. The zero-order valence-electron chi connectivity index (χ0n) is 13.7. The molecule has 1 aliphatic carbocycles. The lowest BCUT2D eigenvalue weighted by Crippen LogP contribution is -2.37. The molecular formula is C18H19NO5S. The van der Waals surface area contributed by atoms with E-state index in [-0.39, 0.29) is 22.6 Å². The highest BCUT2D eigenvalue weighted by atomic mass is 32.2. The molecule has 1 aromatic rings. The number of hydrogen-bond donors (Lipinski definition) is 1. The quantitative estimate of drug-likeness (QED) is 0.814. The van der Waals surface area contributed by atoms with Gasteiger partial charge in [-0.1, -0.05) is 30.4 Å². The van der Waals surface area contributed by atoms with E-state index in [1.807, 2.05) is 24.3 Å². The van der Waals surface area contributed by atoms with Gasteiger partial charge in [0.2, 0.25) is 10.0 Å². The van der Waals surface area contributed by atoms with Gasteiger partial charge in [-0.3, -0.25) is 0 Å². The monoisotopic (exact) mass is 361 g/mol. The van der Waals surface area contributed by atoms with E-state index >= 15 is 0 Å². The van der Waals surface area contributed by atoms with Crippen molar-refractivity contribution in [1.29, 1.82) is 0 Å². The topological polar surface area (TPSA) is 83.9 Å². The van der Waals surface area contributed by atoms with E-state index in [0.29, 0.717) is 12.1 Å². The molecular weight excluding hydrogens is 342 g/mol. The summed E-state index contributed by atoms with van der Waals surface area (Å²) in [5.74, 6) is -0.672. The predicted octanol–water partition coefficient (Wildman–Crippen LogP) is 2.30. The zero-order valence-corrected chi connectivity index (χ0v) is 14.5. The second-order valence-electron chi connectivity index (χ2n) is 5.91. The standard InChI is InChI=1S/C18H19NO5S/c1-24-16-8-6-13(7-9-18(20)21)12-17(16)25(22,23)19-11-10-14-4-2-3-5-15(14)19/h2-9,12,14-15H,10-11H2,1H3,(H,20,21)/b9-7+. The van der Waals surface area contributed by atoms with E-state index in [0.717, 1.165) is 12.5 Å². The van der Waals surface area contributed by atoms with Gasteiger partial charge in [-0.2, -0.15) is 4.31 Å². The van der Waals surface area contributed by atoms with Crippen molar-refractivity contribution in [3.63, 3.8) is 0 Å². The van der Waals surface area contributed by atoms with Crippen molar-refractivity contribution in [2.24, 2.45) is 5.92 Å². The van der Waals surface area contributed by atoms with E-state index in [1.54, 1.807) is 12.1 Å². The van der Waals surface area contributed by atoms with Crippen LogP contribution in [0, 0.1) is 5.92 Å². The van der Waals surface area contributed by atoms with Crippen molar-refractivity contribution in [3.8, 4) is 5.75 Å². The minimum Gasteiger partial charge on any atom is -0.495 e. The van der Waals surface area contributed by atoms with Gasteiger partial charge in [0.1, 0.15) is 10.6 Å². The molecule has 0 saturated carbocycles. The average Bonchev–Trinajstić information content (AvgIpc) is 3.04. The van der Waals surface area contributed by atoms with Crippen molar-refractivity contribution in [2.45, 2.75) is 17.4 Å². The molecule has 0 amide bonds. The molecule has 0 spiro atoms. The van der Waals surface area contributed by atoms with Crippen LogP contribution in [-0.2, 0) is 14.8 Å². The number of ether oxygens (including phenoxy) is 1. The number of allylic oxidation sites excluding steroid dienone is 2. The van der Waals surface area contributed by atoms with Crippen LogP contribution >= 0.6 is 0 Å². The highest BCUT2D eigenvalue weighted by Crippen LogP contribution is 2.36. The Kier molecular flexibility index (Phi) is 4.78. The SMILES string of the molecule is COc1ccc(/C=C/C(=O)O)cc1S(=O)(=O)N1CCC2C=CC=CC21. The molecule has 25 heavy (non-hydrogen) atoms. The Bertz CT molecular complexity index is 869. The van der Waals surface area contributed by atoms with E-state index in [9.17, 15) is 13.2 Å². The van der Waals surface area contributed by atoms with Gasteiger partial charge < -0.3 is 9.84 Å². The maximum atomic E-state index is 13.2. The van der Waals surface area contributed by atoms with Crippen molar-refractivity contribution in [1.82, 2.24) is 4.31 Å². The van der Waals surface area contributed by atoms with Gasteiger partial charge in [0.15, 0.2) is 0 Å². The fourth-order valence-corrected chi connectivity index (χ4v) is 5.05. The Labute approximate surface area is 146 Å². The molecule has 1 N–H and O–H groups in total. The molecule has 7 heteroatoms. The number of nitrogens with zero attached hydrogens (tertiary/aromatic N) is 1. The molecule has 6 nitrogen and oxygen atoms in total. The molecule has 1 aromatic carbocycles. The van der Waals surface area contributed by atoms with Gasteiger partial charge >= 0.3 is 5.97 Å². The number of carbonyl (C=O) groups is 1.